The average molecular weight is 291 g/mol. The van der Waals surface area contributed by atoms with Crippen molar-refractivity contribution in [3.8, 4) is 0 Å². The Kier molecular flexibility index (Phi) is 8.44. The molecular weight excluding hydrogens is 262 g/mol. The maximum absolute atomic E-state index is 8.95. The lowest BCUT2D eigenvalue weighted by molar-refractivity contribution is -0.126. The number of anilines is 1. The molecule has 3 heteroatoms. The van der Waals surface area contributed by atoms with Crippen LogP contribution in [0, 0.1) is 0 Å². The number of rotatable bonds is 3. The average Bonchev–Trinajstić information content (AvgIpc) is 2.71. The fourth-order valence-corrected chi connectivity index (χ4v) is 2.35. The summed E-state index contributed by atoms with van der Waals surface area (Å²) >= 11 is 0. The Balaban J connectivity index is 0.000000579. The lowest BCUT2D eigenvalue weighted by atomic mass is 9.84. The van der Waals surface area contributed by atoms with E-state index in [1.54, 1.807) is 0 Å². The molecule has 0 N–H and O–H groups in total. The maximum atomic E-state index is 8.95. The highest BCUT2D eigenvalue weighted by atomic mass is 16.5. The number of hydrogen-bond donors (Lipinski definition) is 0. The zero-order chi connectivity index (χ0) is 16.5. The molecule has 0 saturated carbocycles. The Labute approximate surface area is 129 Å². The third-order valence-corrected chi connectivity index (χ3v) is 3.46. The lowest BCUT2D eigenvalue weighted by Crippen LogP contribution is -2.25. The van der Waals surface area contributed by atoms with Crippen molar-refractivity contribution in [1.29, 1.82) is 0 Å². The van der Waals surface area contributed by atoms with E-state index in [-0.39, 0.29) is 5.41 Å². The quantitative estimate of drug-likeness (QED) is 0.767. The van der Waals surface area contributed by atoms with Gasteiger partial charge in [0.25, 0.3) is 6.47 Å². The topological polar surface area (TPSA) is 29.5 Å². The molecule has 1 aliphatic heterocycles. The molecule has 118 valence electrons. The van der Waals surface area contributed by atoms with Crippen molar-refractivity contribution in [3.05, 3.63) is 42.1 Å². The first-order chi connectivity index (χ1) is 10.0. The van der Waals surface area contributed by atoms with Crippen LogP contribution < -0.4 is 4.90 Å². The summed E-state index contributed by atoms with van der Waals surface area (Å²) in [7, 11) is 1.31. The number of carbonyl (C=O) groups excluding carboxylic acids is 1. The third-order valence-electron chi connectivity index (χ3n) is 3.46. The van der Waals surface area contributed by atoms with Gasteiger partial charge in [-0.15, -0.1) is 0 Å². The van der Waals surface area contributed by atoms with Gasteiger partial charge in [0.2, 0.25) is 0 Å². The predicted octanol–water partition coefficient (Wildman–Crippen LogP) is 4.52. The number of nitrogens with zero attached hydrogens (tertiary/aromatic N) is 1. The largest absolute Gasteiger partial charge is 0.471 e. The highest BCUT2D eigenvalue weighted by Crippen LogP contribution is 2.46. The molecule has 0 spiro atoms. The number of carbonyl (C=O) groups is 1. The van der Waals surface area contributed by atoms with Gasteiger partial charge in [0, 0.05) is 23.3 Å². The van der Waals surface area contributed by atoms with Gasteiger partial charge >= 0.3 is 0 Å². The summed E-state index contributed by atoms with van der Waals surface area (Å²) in [5.41, 5.74) is 4.06. The van der Waals surface area contributed by atoms with Gasteiger partial charge in [-0.25, -0.2) is 0 Å². The van der Waals surface area contributed by atoms with Gasteiger partial charge in [-0.2, -0.15) is 0 Å². The molecule has 2 rings (SSSR count). The normalized spacial score (nSPS) is 14.2. The van der Waals surface area contributed by atoms with E-state index in [4.69, 9.17) is 4.79 Å². The lowest BCUT2D eigenvalue weighted by Gasteiger charge is -2.25. The first-order valence-electron chi connectivity index (χ1n) is 7.53. The molecule has 1 aliphatic rings. The van der Waals surface area contributed by atoms with Gasteiger partial charge in [-0.05, 0) is 18.1 Å². The highest BCUT2D eigenvalue weighted by molar-refractivity contribution is 5.69. The van der Waals surface area contributed by atoms with Gasteiger partial charge in [0.15, 0.2) is 0 Å². The number of para-hydroxylation sites is 1. The minimum Gasteiger partial charge on any atom is -0.471 e. The number of methoxy groups -OCH3 is 1. The third kappa shape index (κ3) is 4.35. The van der Waals surface area contributed by atoms with E-state index in [2.05, 4.69) is 61.3 Å². The molecule has 1 aromatic carbocycles. The Morgan fingerprint density at radius 1 is 1.29 bits per heavy atom. The van der Waals surface area contributed by atoms with Crippen LogP contribution in [-0.4, -0.2) is 20.1 Å². The van der Waals surface area contributed by atoms with Crippen molar-refractivity contribution in [2.75, 3.05) is 18.6 Å². The van der Waals surface area contributed by atoms with Gasteiger partial charge in [0.05, 0.1) is 7.11 Å². The fourth-order valence-electron chi connectivity index (χ4n) is 2.35. The van der Waals surface area contributed by atoms with Crippen molar-refractivity contribution in [2.45, 2.75) is 46.5 Å². The summed E-state index contributed by atoms with van der Waals surface area (Å²) in [6.07, 6.45) is 1.16. The monoisotopic (exact) mass is 291 g/mol. The Morgan fingerprint density at radius 3 is 2.29 bits per heavy atom. The summed E-state index contributed by atoms with van der Waals surface area (Å²) in [6, 6.07) is 8.64. The van der Waals surface area contributed by atoms with Crippen LogP contribution in [0.15, 0.2) is 36.5 Å². The Bertz CT molecular complexity index is 452. The molecule has 0 atom stereocenters. The van der Waals surface area contributed by atoms with Gasteiger partial charge in [-0.1, -0.05) is 59.4 Å². The van der Waals surface area contributed by atoms with E-state index < -0.39 is 0 Å². The summed E-state index contributed by atoms with van der Waals surface area (Å²) < 4.78 is 3.86. The number of ether oxygens (including phenoxy) is 1. The van der Waals surface area contributed by atoms with Crippen LogP contribution in [0.5, 0.6) is 0 Å². The van der Waals surface area contributed by atoms with Gasteiger partial charge < -0.3 is 9.64 Å². The van der Waals surface area contributed by atoms with Crippen molar-refractivity contribution in [2.24, 2.45) is 0 Å². The molecular formula is C18H29NO2. The van der Waals surface area contributed by atoms with E-state index in [0.29, 0.717) is 6.47 Å². The Morgan fingerprint density at radius 2 is 1.81 bits per heavy atom. The van der Waals surface area contributed by atoms with E-state index >= 15 is 0 Å². The van der Waals surface area contributed by atoms with Gasteiger partial charge in [-0.3, -0.25) is 4.79 Å². The SMILES string of the molecule is C=C1N(CCC)c2ccccc2C1(C)C.CC.COC=O. The highest BCUT2D eigenvalue weighted by Gasteiger charge is 2.37. The van der Waals surface area contributed by atoms with E-state index in [9.17, 15) is 0 Å². The first kappa shape index (κ1) is 19.2. The van der Waals surface area contributed by atoms with Gasteiger partial charge in [0.1, 0.15) is 0 Å². The summed E-state index contributed by atoms with van der Waals surface area (Å²) in [4.78, 5) is 11.3. The number of fused-ring (bicyclic) bond motifs is 1. The van der Waals surface area contributed by atoms with E-state index in [1.807, 2.05) is 13.8 Å². The van der Waals surface area contributed by atoms with Crippen LogP contribution >= 0.6 is 0 Å². The number of hydrogen-bond acceptors (Lipinski definition) is 3. The predicted molar refractivity (Wildman–Crippen MR) is 90.7 cm³/mol. The molecule has 3 nitrogen and oxygen atoms in total. The molecule has 0 radical (unpaired) electrons. The molecule has 1 heterocycles. The van der Waals surface area contributed by atoms with E-state index in [1.165, 1.54) is 24.1 Å². The minimum atomic E-state index is 0.0891. The van der Waals surface area contributed by atoms with Crippen molar-refractivity contribution < 1.29 is 9.53 Å². The van der Waals surface area contributed by atoms with Crippen LogP contribution in [-0.2, 0) is 14.9 Å². The second-order valence-corrected chi connectivity index (χ2v) is 5.07. The fraction of sp³-hybridized carbons (Fsp3) is 0.500. The molecule has 0 bridgehead atoms. The Hall–Kier alpha value is -1.77. The molecule has 0 amide bonds. The smallest absolute Gasteiger partial charge is 0.292 e. The summed E-state index contributed by atoms with van der Waals surface area (Å²) in [6.45, 7) is 16.4. The molecule has 0 fully saturated rings. The molecule has 0 aliphatic carbocycles. The van der Waals surface area contributed by atoms with E-state index in [0.717, 1.165) is 13.0 Å². The van der Waals surface area contributed by atoms with Crippen LogP contribution in [0.3, 0.4) is 0 Å². The number of allylic oxidation sites excluding steroid dienone is 1. The standard InChI is InChI=1S/C14H19N.C2H4O2.C2H6/c1-5-10-15-11(2)14(3,4)12-8-6-7-9-13(12)15;1-4-2-3;1-2/h6-9H,2,5,10H2,1,3-4H3;2H,1H3;1-2H3. The zero-order valence-corrected chi connectivity index (χ0v) is 14.3. The van der Waals surface area contributed by atoms with Crippen LogP contribution in [0.1, 0.15) is 46.6 Å². The second-order valence-electron chi connectivity index (χ2n) is 5.07. The van der Waals surface area contributed by atoms with Crippen LogP contribution in [0.25, 0.3) is 0 Å². The minimum absolute atomic E-state index is 0.0891. The number of benzene rings is 1. The van der Waals surface area contributed by atoms with Crippen molar-refractivity contribution in [1.82, 2.24) is 0 Å². The summed E-state index contributed by atoms with van der Waals surface area (Å²) in [5, 5.41) is 0. The van der Waals surface area contributed by atoms with Crippen molar-refractivity contribution in [3.63, 3.8) is 0 Å². The first-order valence-corrected chi connectivity index (χ1v) is 7.53. The molecule has 0 unspecified atom stereocenters. The second kappa shape index (κ2) is 9.22. The maximum Gasteiger partial charge on any atom is 0.292 e. The summed E-state index contributed by atoms with van der Waals surface area (Å²) in [5.74, 6) is 0. The van der Waals surface area contributed by atoms with Crippen LogP contribution in [0.4, 0.5) is 5.69 Å². The van der Waals surface area contributed by atoms with Crippen molar-refractivity contribution >= 4 is 12.2 Å². The molecule has 0 saturated heterocycles. The van der Waals surface area contributed by atoms with Crippen LogP contribution in [0.2, 0.25) is 0 Å². The molecule has 0 aromatic heterocycles. The molecule has 1 aromatic rings. The zero-order valence-electron chi connectivity index (χ0n) is 14.3. The molecule has 21 heavy (non-hydrogen) atoms.